The molecular formula is C21H29NO2. The molecule has 0 heterocycles. The SMILES string of the molecule is Cc1ccccc1OCC(=O)NC(C)C12CC3CC(CC(C3)C1)C2. The molecule has 1 aromatic rings. The number of carbonyl (C=O) groups is 1. The lowest BCUT2D eigenvalue weighted by molar-refractivity contribution is -0.127. The number of hydrogen-bond donors (Lipinski definition) is 1. The number of nitrogens with one attached hydrogen (secondary N) is 1. The van der Waals surface area contributed by atoms with Gasteiger partial charge in [0.15, 0.2) is 6.61 Å². The van der Waals surface area contributed by atoms with Crippen LogP contribution in [-0.2, 0) is 4.79 Å². The van der Waals surface area contributed by atoms with Crippen LogP contribution in [0.3, 0.4) is 0 Å². The smallest absolute Gasteiger partial charge is 0.258 e. The van der Waals surface area contributed by atoms with Gasteiger partial charge in [0.2, 0.25) is 0 Å². The van der Waals surface area contributed by atoms with E-state index in [2.05, 4.69) is 12.2 Å². The maximum Gasteiger partial charge on any atom is 0.258 e. The van der Waals surface area contributed by atoms with E-state index in [1.807, 2.05) is 31.2 Å². The summed E-state index contributed by atoms with van der Waals surface area (Å²) >= 11 is 0. The molecule has 0 aliphatic heterocycles. The van der Waals surface area contributed by atoms with E-state index in [9.17, 15) is 4.79 Å². The van der Waals surface area contributed by atoms with Crippen molar-refractivity contribution in [3.05, 3.63) is 29.8 Å². The first-order valence-electron chi connectivity index (χ1n) is 9.52. The third-order valence-electron chi connectivity index (χ3n) is 6.83. The van der Waals surface area contributed by atoms with Crippen LogP contribution in [0.25, 0.3) is 0 Å². The van der Waals surface area contributed by atoms with Crippen LogP contribution >= 0.6 is 0 Å². The molecule has 1 aromatic carbocycles. The van der Waals surface area contributed by atoms with Gasteiger partial charge in [0.25, 0.3) is 5.91 Å². The third-order valence-corrected chi connectivity index (χ3v) is 6.83. The van der Waals surface area contributed by atoms with Crippen LogP contribution in [0.5, 0.6) is 5.75 Å². The Kier molecular flexibility index (Phi) is 4.06. The maximum absolute atomic E-state index is 12.4. The van der Waals surface area contributed by atoms with Crippen molar-refractivity contribution in [3.63, 3.8) is 0 Å². The van der Waals surface area contributed by atoms with Crippen LogP contribution < -0.4 is 10.1 Å². The quantitative estimate of drug-likeness (QED) is 0.884. The Labute approximate surface area is 145 Å². The van der Waals surface area contributed by atoms with Crippen LogP contribution in [0.1, 0.15) is 51.0 Å². The summed E-state index contributed by atoms with van der Waals surface area (Å²) in [5, 5.41) is 3.26. The van der Waals surface area contributed by atoms with Gasteiger partial charge in [-0.1, -0.05) is 18.2 Å². The van der Waals surface area contributed by atoms with Crippen molar-refractivity contribution in [1.29, 1.82) is 0 Å². The molecule has 0 spiro atoms. The lowest BCUT2D eigenvalue weighted by Gasteiger charge is -2.59. The van der Waals surface area contributed by atoms with E-state index in [1.165, 1.54) is 38.5 Å². The van der Waals surface area contributed by atoms with Crippen molar-refractivity contribution < 1.29 is 9.53 Å². The minimum atomic E-state index is 0.0153. The van der Waals surface area contributed by atoms with Crippen LogP contribution in [0, 0.1) is 30.1 Å². The molecule has 4 saturated carbocycles. The van der Waals surface area contributed by atoms with Crippen molar-refractivity contribution >= 4 is 5.91 Å². The number of hydrogen-bond acceptors (Lipinski definition) is 2. The molecule has 1 atom stereocenters. The van der Waals surface area contributed by atoms with Gasteiger partial charge in [0, 0.05) is 6.04 Å². The van der Waals surface area contributed by atoms with E-state index in [-0.39, 0.29) is 18.6 Å². The number of amides is 1. The lowest BCUT2D eigenvalue weighted by atomic mass is 9.48. The highest BCUT2D eigenvalue weighted by atomic mass is 16.5. The third kappa shape index (κ3) is 2.94. The molecule has 3 nitrogen and oxygen atoms in total. The van der Waals surface area contributed by atoms with Crippen LogP contribution in [-0.4, -0.2) is 18.6 Å². The molecule has 0 aromatic heterocycles. The van der Waals surface area contributed by atoms with E-state index in [1.54, 1.807) is 0 Å². The second-order valence-corrected chi connectivity index (χ2v) is 8.62. The first-order chi connectivity index (χ1) is 11.5. The summed E-state index contributed by atoms with van der Waals surface area (Å²) in [7, 11) is 0. The average molecular weight is 327 g/mol. The monoisotopic (exact) mass is 327 g/mol. The molecule has 4 aliphatic rings. The molecule has 4 aliphatic carbocycles. The summed E-state index contributed by atoms with van der Waals surface area (Å²) in [5.41, 5.74) is 1.42. The number of aryl methyl sites for hydroxylation is 1. The minimum Gasteiger partial charge on any atom is -0.484 e. The van der Waals surface area contributed by atoms with Gasteiger partial charge in [0.05, 0.1) is 0 Å². The highest BCUT2D eigenvalue weighted by molar-refractivity contribution is 5.78. The van der Waals surface area contributed by atoms with Gasteiger partial charge in [-0.3, -0.25) is 4.79 Å². The first-order valence-corrected chi connectivity index (χ1v) is 9.52. The summed E-state index contributed by atoms with van der Waals surface area (Å²) in [6.07, 6.45) is 8.28. The summed E-state index contributed by atoms with van der Waals surface area (Å²) in [6, 6.07) is 8.12. The molecular weight excluding hydrogens is 298 g/mol. The maximum atomic E-state index is 12.4. The van der Waals surface area contributed by atoms with E-state index in [4.69, 9.17) is 4.74 Å². The van der Waals surface area contributed by atoms with E-state index < -0.39 is 0 Å². The molecule has 4 fully saturated rings. The highest BCUT2D eigenvalue weighted by Gasteiger charge is 2.53. The summed E-state index contributed by atoms with van der Waals surface area (Å²) in [5.74, 6) is 3.56. The fraction of sp³-hybridized carbons (Fsp3) is 0.667. The van der Waals surface area contributed by atoms with Gasteiger partial charge in [-0.25, -0.2) is 0 Å². The molecule has 1 N–H and O–H groups in total. The van der Waals surface area contributed by atoms with Crippen molar-refractivity contribution in [3.8, 4) is 5.75 Å². The van der Waals surface area contributed by atoms with E-state index >= 15 is 0 Å². The zero-order chi connectivity index (χ0) is 16.7. The second kappa shape index (κ2) is 6.09. The Morgan fingerprint density at radius 3 is 2.33 bits per heavy atom. The van der Waals surface area contributed by atoms with E-state index in [0.29, 0.717) is 5.41 Å². The lowest BCUT2D eigenvalue weighted by Crippen LogP contribution is -2.56. The zero-order valence-electron chi connectivity index (χ0n) is 14.9. The van der Waals surface area contributed by atoms with Crippen LogP contribution in [0.15, 0.2) is 24.3 Å². The Morgan fingerprint density at radius 1 is 1.17 bits per heavy atom. The van der Waals surface area contributed by atoms with Crippen molar-refractivity contribution in [1.82, 2.24) is 5.32 Å². The molecule has 24 heavy (non-hydrogen) atoms. The number of rotatable bonds is 5. The van der Waals surface area contributed by atoms with Crippen LogP contribution in [0.2, 0.25) is 0 Å². The molecule has 0 saturated heterocycles. The van der Waals surface area contributed by atoms with Gasteiger partial charge >= 0.3 is 0 Å². The van der Waals surface area contributed by atoms with Gasteiger partial charge in [-0.05, 0) is 87.2 Å². The molecule has 1 amide bonds. The predicted octanol–water partition coefficient (Wildman–Crippen LogP) is 4.09. The number of para-hydroxylation sites is 1. The Balaban J connectivity index is 1.35. The summed E-state index contributed by atoms with van der Waals surface area (Å²) in [6.45, 7) is 4.34. The number of carbonyl (C=O) groups excluding carboxylic acids is 1. The molecule has 0 radical (unpaired) electrons. The van der Waals surface area contributed by atoms with Gasteiger partial charge < -0.3 is 10.1 Å². The second-order valence-electron chi connectivity index (χ2n) is 8.62. The van der Waals surface area contributed by atoms with E-state index in [0.717, 1.165) is 29.1 Å². The normalized spacial score (nSPS) is 34.8. The van der Waals surface area contributed by atoms with Crippen molar-refractivity contribution in [2.75, 3.05) is 6.61 Å². The van der Waals surface area contributed by atoms with Gasteiger partial charge in [0.1, 0.15) is 5.75 Å². The molecule has 3 heteroatoms. The molecule has 4 bridgehead atoms. The van der Waals surface area contributed by atoms with Crippen LogP contribution in [0.4, 0.5) is 0 Å². The molecule has 130 valence electrons. The number of ether oxygens (including phenoxy) is 1. The van der Waals surface area contributed by atoms with Crippen molar-refractivity contribution in [2.45, 2.75) is 58.4 Å². The minimum absolute atomic E-state index is 0.0153. The largest absolute Gasteiger partial charge is 0.484 e. The first kappa shape index (κ1) is 16.0. The molecule has 1 unspecified atom stereocenters. The standard InChI is InChI=1S/C21H29NO2/c1-14-5-3-4-6-19(14)24-13-20(23)22-15(2)21-10-16-7-17(11-21)9-18(8-16)12-21/h3-6,15-18H,7-13H2,1-2H3,(H,22,23). The number of benzene rings is 1. The average Bonchev–Trinajstić information content (AvgIpc) is 2.53. The fourth-order valence-corrected chi connectivity index (χ4v) is 6.01. The highest BCUT2D eigenvalue weighted by Crippen LogP contribution is 2.61. The topological polar surface area (TPSA) is 38.3 Å². The summed E-state index contributed by atoms with van der Waals surface area (Å²) < 4.78 is 5.71. The zero-order valence-corrected chi connectivity index (χ0v) is 14.9. The summed E-state index contributed by atoms with van der Waals surface area (Å²) in [4.78, 5) is 12.4. The van der Waals surface area contributed by atoms with Gasteiger partial charge in [-0.2, -0.15) is 0 Å². The van der Waals surface area contributed by atoms with Gasteiger partial charge in [-0.15, -0.1) is 0 Å². The van der Waals surface area contributed by atoms with Crippen molar-refractivity contribution in [2.24, 2.45) is 23.2 Å². The predicted molar refractivity (Wildman–Crippen MR) is 94.9 cm³/mol. The Bertz CT molecular complexity index is 589. The Hall–Kier alpha value is -1.51. The fourth-order valence-electron chi connectivity index (χ4n) is 6.01. The Morgan fingerprint density at radius 2 is 1.75 bits per heavy atom. The molecule has 5 rings (SSSR count).